The van der Waals surface area contributed by atoms with Crippen molar-refractivity contribution in [1.29, 1.82) is 0 Å². The van der Waals surface area contributed by atoms with Crippen molar-refractivity contribution in [2.24, 2.45) is 0 Å². The summed E-state index contributed by atoms with van der Waals surface area (Å²) in [5.41, 5.74) is 3.84. The maximum atomic E-state index is 13.1. The van der Waals surface area contributed by atoms with Crippen LogP contribution in [0.1, 0.15) is 29.4 Å². The van der Waals surface area contributed by atoms with E-state index in [2.05, 4.69) is 41.2 Å². The molecule has 0 N–H and O–H groups in total. The average molecular weight is 377 g/mol. The van der Waals surface area contributed by atoms with Gasteiger partial charge in [-0.15, -0.1) is 0 Å². The molecule has 0 saturated carbocycles. The van der Waals surface area contributed by atoms with Crippen molar-refractivity contribution in [2.45, 2.75) is 45.7 Å². The Labute approximate surface area is 156 Å². The largest absolute Gasteiger partial charge is 0.296 e. The standard InChI is InChI=1S/C19H28N4O2S/c1-5-23-17(4)19(16(3)20-23)26(24,25)22-12-10-21(11-13-22)14-18-8-6-15(2)7-9-18/h6-9H,5,10-14H2,1-4H3. The normalized spacial score (nSPS) is 16.9. The fourth-order valence-electron chi connectivity index (χ4n) is 3.57. The van der Waals surface area contributed by atoms with Crippen LogP contribution in [0, 0.1) is 20.8 Å². The Kier molecular flexibility index (Phi) is 5.50. The van der Waals surface area contributed by atoms with Gasteiger partial charge in [-0.05, 0) is 33.3 Å². The molecule has 0 unspecified atom stereocenters. The molecule has 3 rings (SSSR count). The van der Waals surface area contributed by atoms with Crippen LogP contribution >= 0.6 is 0 Å². The van der Waals surface area contributed by atoms with E-state index in [1.54, 1.807) is 15.9 Å². The fourth-order valence-corrected chi connectivity index (χ4v) is 5.37. The lowest BCUT2D eigenvalue weighted by atomic mass is 10.1. The molecule has 2 heterocycles. The fraction of sp³-hybridized carbons (Fsp3) is 0.526. The van der Waals surface area contributed by atoms with Crippen LogP contribution in [0.25, 0.3) is 0 Å². The molecule has 142 valence electrons. The van der Waals surface area contributed by atoms with Gasteiger partial charge >= 0.3 is 0 Å². The first kappa shape index (κ1) is 19.1. The van der Waals surface area contributed by atoms with Crippen molar-refractivity contribution in [1.82, 2.24) is 19.0 Å². The van der Waals surface area contributed by atoms with Gasteiger partial charge in [-0.25, -0.2) is 8.42 Å². The third-order valence-corrected chi connectivity index (χ3v) is 7.22. The molecule has 0 aliphatic carbocycles. The molecule has 1 fully saturated rings. The van der Waals surface area contributed by atoms with Gasteiger partial charge < -0.3 is 0 Å². The molecular formula is C19H28N4O2S. The molecule has 2 aromatic rings. The van der Waals surface area contributed by atoms with Crippen molar-refractivity contribution in [3.05, 3.63) is 46.8 Å². The van der Waals surface area contributed by atoms with Crippen molar-refractivity contribution in [3.63, 3.8) is 0 Å². The lowest BCUT2D eigenvalue weighted by Crippen LogP contribution is -2.48. The molecular weight excluding hydrogens is 348 g/mol. The van der Waals surface area contributed by atoms with E-state index >= 15 is 0 Å². The van der Waals surface area contributed by atoms with Crippen LogP contribution in [0.15, 0.2) is 29.2 Å². The molecule has 0 atom stereocenters. The van der Waals surface area contributed by atoms with Gasteiger partial charge in [0.05, 0.1) is 11.4 Å². The number of aryl methyl sites for hydroxylation is 3. The molecule has 1 aromatic carbocycles. The Hall–Kier alpha value is -1.70. The second-order valence-electron chi connectivity index (χ2n) is 6.98. The Morgan fingerprint density at radius 2 is 1.62 bits per heavy atom. The van der Waals surface area contributed by atoms with Crippen LogP contribution in [0.3, 0.4) is 0 Å². The molecule has 26 heavy (non-hydrogen) atoms. The zero-order valence-electron chi connectivity index (χ0n) is 16.1. The van der Waals surface area contributed by atoms with Gasteiger partial charge in [0.25, 0.3) is 0 Å². The van der Waals surface area contributed by atoms with Crippen molar-refractivity contribution >= 4 is 10.0 Å². The van der Waals surface area contributed by atoms with E-state index in [0.717, 1.165) is 25.3 Å². The second kappa shape index (κ2) is 7.50. The molecule has 0 spiro atoms. The quantitative estimate of drug-likeness (QED) is 0.804. The summed E-state index contributed by atoms with van der Waals surface area (Å²) in [6, 6.07) is 8.52. The summed E-state index contributed by atoms with van der Waals surface area (Å²) in [4.78, 5) is 2.69. The highest BCUT2D eigenvalue weighted by atomic mass is 32.2. The third kappa shape index (κ3) is 3.70. The number of sulfonamides is 1. The zero-order chi connectivity index (χ0) is 18.9. The number of rotatable bonds is 5. The minimum atomic E-state index is -3.49. The Morgan fingerprint density at radius 1 is 1.00 bits per heavy atom. The molecule has 7 heteroatoms. The zero-order valence-corrected chi connectivity index (χ0v) is 16.9. The first-order chi connectivity index (χ1) is 12.3. The van der Waals surface area contributed by atoms with Gasteiger partial charge in [0.2, 0.25) is 10.0 Å². The number of benzene rings is 1. The molecule has 0 bridgehead atoms. The van der Waals surface area contributed by atoms with E-state index in [0.29, 0.717) is 30.2 Å². The van der Waals surface area contributed by atoms with Gasteiger partial charge in [-0.2, -0.15) is 9.40 Å². The van der Waals surface area contributed by atoms with E-state index in [9.17, 15) is 8.42 Å². The molecule has 6 nitrogen and oxygen atoms in total. The topological polar surface area (TPSA) is 58.4 Å². The van der Waals surface area contributed by atoms with Gasteiger partial charge in [0.1, 0.15) is 4.90 Å². The lowest BCUT2D eigenvalue weighted by Gasteiger charge is -2.34. The third-order valence-electron chi connectivity index (χ3n) is 5.07. The SMILES string of the molecule is CCn1nc(C)c(S(=O)(=O)N2CCN(Cc3ccc(C)cc3)CC2)c1C. The summed E-state index contributed by atoms with van der Waals surface area (Å²) in [5, 5.41) is 4.37. The predicted octanol–water partition coefficient (Wildman–Crippen LogP) is 2.33. The van der Waals surface area contributed by atoms with Gasteiger partial charge in [-0.3, -0.25) is 9.58 Å². The van der Waals surface area contributed by atoms with Gasteiger partial charge in [-0.1, -0.05) is 29.8 Å². The summed E-state index contributed by atoms with van der Waals surface area (Å²) in [5.74, 6) is 0. The number of hydrogen-bond donors (Lipinski definition) is 0. The van der Waals surface area contributed by atoms with Crippen LogP contribution in [-0.4, -0.2) is 53.6 Å². The van der Waals surface area contributed by atoms with Gasteiger partial charge in [0, 0.05) is 39.3 Å². The number of aromatic nitrogens is 2. The second-order valence-corrected chi connectivity index (χ2v) is 8.86. The van der Waals surface area contributed by atoms with Crippen LogP contribution < -0.4 is 0 Å². The predicted molar refractivity (Wildman–Crippen MR) is 103 cm³/mol. The highest BCUT2D eigenvalue weighted by Crippen LogP contribution is 2.24. The van der Waals surface area contributed by atoms with Crippen LogP contribution in [-0.2, 0) is 23.1 Å². The highest BCUT2D eigenvalue weighted by molar-refractivity contribution is 7.89. The first-order valence-electron chi connectivity index (χ1n) is 9.15. The maximum Gasteiger partial charge on any atom is 0.246 e. The Morgan fingerprint density at radius 3 is 2.15 bits per heavy atom. The summed E-state index contributed by atoms with van der Waals surface area (Å²) >= 11 is 0. The summed E-state index contributed by atoms with van der Waals surface area (Å²) in [7, 11) is -3.49. The van der Waals surface area contributed by atoms with E-state index in [4.69, 9.17) is 0 Å². The highest BCUT2D eigenvalue weighted by Gasteiger charge is 2.33. The summed E-state index contributed by atoms with van der Waals surface area (Å²) < 4.78 is 29.6. The summed E-state index contributed by atoms with van der Waals surface area (Å²) in [6.07, 6.45) is 0. The van der Waals surface area contributed by atoms with Crippen molar-refractivity contribution in [3.8, 4) is 0 Å². The van der Waals surface area contributed by atoms with Crippen LogP contribution in [0.4, 0.5) is 0 Å². The minimum absolute atomic E-state index is 0.381. The average Bonchev–Trinajstić information content (AvgIpc) is 2.91. The van der Waals surface area contributed by atoms with E-state index in [1.807, 2.05) is 13.8 Å². The minimum Gasteiger partial charge on any atom is -0.296 e. The molecule has 0 amide bonds. The molecule has 1 saturated heterocycles. The summed E-state index contributed by atoms with van der Waals surface area (Å²) in [6.45, 7) is 11.7. The van der Waals surface area contributed by atoms with Gasteiger partial charge in [0.15, 0.2) is 0 Å². The van der Waals surface area contributed by atoms with E-state index in [-0.39, 0.29) is 0 Å². The lowest BCUT2D eigenvalue weighted by molar-refractivity contribution is 0.181. The van der Waals surface area contributed by atoms with Crippen molar-refractivity contribution < 1.29 is 8.42 Å². The Bertz CT molecular complexity index is 864. The maximum absolute atomic E-state index is 13.1. The first-order valence-corrected chi connectivity index (χ1v) is 10.6. The Balaban J connectivity index is 1.69. The van der Waals surface area contributed by atoms with Crippen LogP contribution in [0.5, 0.6) is 0 Å². The van der Waals surface area contributed by atoms with Crippen LogP contribution in [0.2, 0.25) is 0 Å². The number of piperazine rings is 1. The van der Waals surface area contributed by atoms with E-state index < -0.39 is 10.0 Å². The van der Waals surface area contributed by atoms with Crippen molar-refractivity contribution in [2.75, 3.05) is 26.2 Å². The molecule has 1 aliphatic heterocycles. The molecule has 0 radical (unpaired) electrons. The van der Waals surface area contributed by atoms with E-state index in [1.165, 1.54) is 11.1 Å². The number of nitrogens with zero attached hydrogens (tertiary/aromatic N) is 4. The molecule has 1 aliphatic rings. The smallest absolute Gasteiger partial charge is 0.246 e. The monoisotopic (exact) mass is 376 g/mol. The molecule has 1 aromatic heterocycles. The number of hydrogen-bond acceptors (Lipinski definition) is 4.